The first-order chi connectivity index (χ1) is 7.11. The van der Waals surface area contributed by atoms with Crippen LogP contribution in [0.1, 0.15) is 18.4 Å². The molecule has 0 aliphatic rings. The molecular formula is C9H10BrNO3S. The fourth-order valence-corrected chi connectivity index (χ4v) is 2.31. The number of carbonyl (C=O) groups is 2. The quantitative estimate of drug-likeness (QED) is 0.615. The van der Waals surface area contributed by atoms with Gasteiger partial charge < -0.3 is 4.74 Å². The van der Waals surface area contributed by atoms with Gasteiger partial charge in [0.25, 0.3) is 0 Å². The number of ketones is 1. The summed E-state index contributed by atoms with van der Waals surface area (Å²) in [6.07, 6.45) is 1.65. The van der Waals surface area contributed by atoms with Crippen LogP contribution in [0.15, 0.2) is 9.98 Å². The maximum atomic E-state index is 11.4. The Kier molecular flexibility index (Phi) is 4.90. The van der Waals surface area contributed by atoms with E-state index >= 15 is 0 Å². The van der Waals surface area contributed by atoms with E-state index in [4.69, 9.17) is 0 Å². The second-order valence-electron chi connectivity index (χ2n) is 2.76. The van der Waals surface area contributed by atoms with Gasteiger partial charge in [0.05, 0.1) is 23.0 Å². The SMILES string of the molecule is CCOC(=O)CC(=O)Cc1ncc(Br)s1. The molecule has 1 aromatic heterocycles. The molecule has 0 unspecified atom stereocenters. The summed E-state index contributed by atoms with van der Waals surface area (Å²) in [5.41, 5.74) is 0. The number of thiazole rings is 1. The van der Waals surface area contributed by atoms with E-state index in [1.54, 1.807) is 13.1 Å². The molecule has 6 heteroatoms. The van der Waals surface area contributed by atoms with E-state index in [2.05, 4.69) is 25.7 Å². The normalized spacial score (nSPS) is 10.0. The molecule has 0 N–H and O–H groups in total. The molecule has 0 aromatic carbocycles. The second-order valence-corrected chi connectivity index (χ2v) is 5.25. The van der Waals surface area contributed by atoms with Crippen LogP contribution in [0.2, 0.25) is 0 Å². The molecule has 0 saturated carbocycles. The Labute approximate surface area is 99.8 Å². The van der Waals surface area contributed by atoms with Gasteiger partial charge in [0.2, 0.25) is 0 Å². The van der Waals surface area contributed by atoms with Crippen molar-refractivity contribution < 1.29 is 14.3 Å². The lowest BCUT2D eigenvalue weighted by Gasteiger charge is -1.99. The van der Waals surface area contributed by atoms with Crippen LogP contribution in [0.4, 0.5) is 0 Å². The van der Waals surface area contributed by atoms with Crippen LogP contribution in [0.3, 0.4) is 0 Å². The number of Topliss-reactive ketones (excluding diaryl/α,β-unsaturated/α-hetero) is 1. The number of hydrogen-bond donors (Lipinski definition) is 0. The predicted molar refractivity (Wildman–Crippen MR) is 59.8 cm³/mol. The number of esters is 1. The molecule has 1 heterocycles. The summed E-state index contributed by atoms with van der Waals surface area (Å²) in [6.45, 7) is 2.01. The molecule has 15 heavy (non-hydrogen) atoms. The third-order valence-electron chi connectivity index (χ3n) is 1.52. The number of rotatable bonds is 5. The van der Waals surface area contributed by atoms with Crippen LogP contribution in [0.25, 0.3) is 0 Å². The summed E-state index contributed by atoms with van der Waals surface area (Å²) in [7, 11) is 0. The molecule has 0 fully saturated rings. The zero-order valence-corrected chi connectivity index (χ0v) is 10.6. The average molecular weight is 292 g/mol. The molecule has 82 valence electrons. The molecular weight excluding hydrogens is 282 g/mol. The zero-order chi connectivity index (χ0) is 11.3. The topological polar surface area (TPSA) is 56.3 Å². The Morgan fingerprint density at radius 1 is 1.60 bits per heavy atom. The van der Waals surface area contributed by atoms with Crippen LogP contribution < -0.4 is 0 Å². The molecule has 1 rings (SSSR count). The Hall–Kier alpha value is -0.750. The molecule has 0 atom stereocenters. The molecule has 4 nitrogen and oxygen atoms in total. The third kappa shape index (κ3) is 4.53. The average Bonchev–Trinajstić information content (AvgIpc) is 2.51. The highest BCUT2D eigenvalue weighted by atomic mass is 79.9. The van der Waals surface area contributed by atoms with Gasteiger partial charge in [0, 0.05) is 0 Å². The van der Waals surface area contributed by atoms with Crippen molar-refractivity contribution in [3.05, 3.63) is 15.0 Å². The summed E-state index contributed by atoms with van der Waals surface area (Å²) in [5.74, 6) is -0.645. The van der Waals surface area contributed by atoms with Crippen LogP contribution >= 0.6 is 27.3 Å². The van der Waals surface area contributed by atoms with Gasteiger partial charge in [0.1, 0.15) is 11.4 Å². The van der Waals surface area contributed by atoms with Gasteiger partial charge in [0.15, 0.2) is 5.78 Å². The third-order valence-corrected chi connectivity index (χ3v) is 3.00. The fraction of sp³-hybridized carbons (Fsp3) is 0.444. The maximum Gasteiger partial charge on any atom is 0.313 e. The summed E-state index contributed by atoms with van der Waals surface area (Å²) in [4.78, 5) is 26.3. The van der Waals surface area contributed by atoms with Gasteiger partial charge in [-0.25, -0.2) is 4.98 Å². The van der Waals surface area contributed by atoms with Gasteiger partial charge in [-0.05, 0) is 22.9 Å². The van der Waals surface area contributed by atoms with Gasteiger partial charge in [-0.15, -0.1) is 11.3 Å². The summed E-state index contributed by atoms with van der Waals surface area (Å²) < 4.78 is 5.55. The lowest BCUT2D eigenvalue weighted by Crippen LogP contribution is -2.12. The molecule has 0 spiro atoms. The summed E-state index contributed by atoms with van der Waals surface area (Å²) in [5, 5.41) is 0.705. The lowest BCUT2D eigenvalue weighted by atomic mass is 10.2. The minimum absolute atomic E-state index is 0.171. The van der Waals surface area contributed by atoms with Gasteiger partial charge in [-0.1, -0.05) is 0 Å². The number of halogens is 1. The minimum Gasteiger partial charge on any atom is -0.466 e. The van der Waals surface area contributed by atoms with Crippen molar-refractivity contribution in [3.63, 3.8) is 0 Å². The monoisotopic (exact) mass is 291 g/mol. The first-order valence-electron chi connectivity index (χ1n) is 4.39. The van der Waals surface area contributed by atoms with Crippen molar-refractivity contribution in [2.24, 2.45) is 0 Å². The van der Waals surface area contributed by atoms with Crippen molar-refractivity contribution in [2.45, 2.75) is 19.8 Å². The van der Waals surface area contributed by atoms with E-state index in [0.29, 0.717) is 11.6 Å². The lowest BCUT2D eigenvalue weighted by molar-refractivity contribution is -0.145. The van der Waals surface area contributed by atoms with Crippen molar-refractivity contribution in [1.82, 2.24) is 4.98 Å². The summed E-state index contributed by atoms with van der Waals surface area (Å²) >= 11 is 4.64. The molecule has 0 bridgehead atoms. The number of hydrogen-bond acceptors (Lipinski definition) is 5. The highest BCUT2D eigenvalue weighted by Crippen LogP contribution is 2.19. The van der Waals surface area contributed by atoms with Crippen LogP contribution in [0, 0.1) is 0 Å². The number of aromatic nitrogens is 1. The molecule has 1 aromatic rings. The Balaban J connectivity index is 2.39. The number of carbonyl (C=O) groups excluding carboxylic acids is 2. The van der Waals surface area contributed by atoms with E-state index in [1.165, 1.54) is 11.3 Å². The Bertz CT molecular complexity index is 364. The van der Waals surface area contributed by atoms with E-state index in [0.717, 1.165) is 3.79 Å². The van der Waals surface area contributed by atoms with Crippen LogP contribution in [-0.2, 0) is 20.7 Å². The van der Waals surface area contributed by atoms with E-state index in [9.17, 15) is 9.59 Å². The zero-order valence-electron chi connectivity index (χ0n) is 8.16. The van der Waals surface area contributed by atoms with Gasteiger partial charge in [-0.2, -0.15) is 0 Å². The number of nitrogens with zero attached hydrogens (tertiary/aromatic N) is 1. The highest BCUT2D eigenvalue weighted by molar-refractivity contribution is 9.11. The maximum absolute atomic E-state index is 11.4. The Morgan fingerprint density at radius 2 is 2.33 bits per heavy atom. The van der Waals surface area contributed by atoms with E-state index in [1.807, 2.05) is 0 Å². The molecule has 0 saturated heterocycles. The summed E-state index contributed by atoms with van der Waals surface area (Å²) in [6, 6.07) is 0. The molecule has 0 aliphatic heterocycles. The largest absolute Gasteiger partial charge is 0.466 e. The smallest absolute Gasteiger partial charge is 0.313 e. The van der Waals surface area contributed by atoms with E-state index in [-0.39, 0.29) is 18.6 Å². The van der Waals surface area contributed by atoms with E-state index < -0.39 is 5.97 Å². The van der Waals surface area contributed by atoms with Gasteiger partial charge >= 0.3 is 5.97 Å². The number of ether oxygens (including phenoxy) is 1. The standard InChI is InChI=1S/C9H10BrNO3S/c1-2-14-9(13)4-6(12)3-8-11-5-7(10)15-8/h5H,2-4H2,1H3. The molecule has 0 aliphatic carbocycles. The van der Waals surface area contributed by atoms with Crippen molar-refractivity contribution >= 4 is 39.0 Å². The highest BCUT2D eigenvalue weighted by Gasteiger charge is 2.12. The first-order valence-corrected chi connectivity index (χ1v) is 6.00. The van der Waals surface area contributed by atoms with Crippen molar-refractivity contribution in [2.75, 3.05) is 6.61 Å². The van der Waals surface area contributed by atoms with Crippen LogP contribution in [0.5, 0.6) is 0 Å². The predicted octanol–water partition coefficient (Wildman–Crippen LogP) is 1.97. The van der Waals surface area contributed by atoms with Crippen LogP contribution in [-0.4, -0.2) is 23.3 Å². The fourth-order valence-electron chi connectivity index (χ4n) is 0.974. The van der Waals surface area contributed by atoms with Crippen molar-refractivity contribution in [3.8, 4) is 0 Å². The first kappa shape index (κ1) is 12.3. The molecule has 0 radical (unpaired) electrons. The minimum atomic E-state index is -0.474. The van der Waals surface area contributed by atoms with Crippen molar-refractivity contribution in [1.29, 1.82) is 0 Å². The molecule has 0 amide bonds. The second kappa shape index (κ2) is 5.97. The van der Waals surface area contributed by atoms with Gasteiger partial charge in [-0.3, -0.25) is 9.59 Å². The Morgan fingerprint density at radius 3 is 2.87 bits per heavy atom.